The Kier molecular flexibility index (Phi) is 7.43. The summed E-state index contributed by atoms with van der Waals surface area (Å²) in [6, 6.07) is 29.8. The predicted molar refractivity (Wildman–Crippen MR) is 131 cm³/mol. The zero-order valence-corrected chi connectivity index (χ0v) is 19.4. The number of carbonyl (C=O) groups is 1. The van der Waals surface area contributed by atoms with Crippen LogP contribution in [0.15, 0.2) is 91.0 Å². The minimum atomic E-state index is -0.680. The van der Waals surface area contributed by atoms with Gasteiger partial charge in [0.25, 0.3) is 0 Å². The third-order valence-corrected chi connectivity index (χ3v) is 6.25. The lowest BCUT2D eigenvalue weighted by molar-refractivity contribution is -0.0378. The largest absolute Gasteiger partial charge is 0.390 e. The fourth-order valence-electron chi connectivity index (χ4n) is 4.49. The van der Waals surface area contributed by atoms with Gasteiger partial charge in [-0.3, -0.25) is 5.01 Å². The molecule has 5 heteroatoms. The molecule has 1 fully saturated rings. The Hall–Kier alpha value is -3.15. The summed E-state index contributed by atoms with van der Waals surface area (Å²) in [5, 5.41) is 15.3. The van der Waals surface area contributed by atoms with E-state index in [0.717, 1.165) is 16.7 Å². The van der Waals surface area contributed by atoms with Crippen molar-refractivity contribution in [1.82, 2.24) is 14.9 Å². The monoisotopic (exact) mass is 443 g/mol. The molecule has 1 saturated heterocycles. The fraction of sp³-hybridized carbons (Fsp3) is 0.321. The second kappa shape index (κ2) is 10.6. The van der Waals surface area contributed by atoms with E-state index in [1.54, 1.807) is 0 Å². The van der Waals surface area contributed by atoms with Crippen LogP contribution in [0.2, 0.25) is 0 Å². The molecule has 0 aliphatic carbocycles. The molecule has 3 aromatic rings. The van der Waals surface area contributed by atoms with Gasteiger partial charge in [-0.2, -0.15) is 0 Å². The van der Waals surface area contributed by atoms with Gasteiger partial charge in [-0.1, -0.05) is 91.0 Å². The number of carbonyl (C=O) groups excluding carboxylic acids is 1. The average molecular weight is 444 g/mol. The van der Waals surface area contributed by atoms with Crippen molar-refractivity contribution in [3.05, 3.63) is 108 Å². The van der Waals surface area contributed by atoms with Crippen LogP contribution in [-0.4, -0.2) is 50.8 Å². The van der Waals surface area contributed by atoms with Gasteiger partial charge in [-0.15, -0.1) is 0 Å². The van der Waals surface area contributed by atoms with Gasteiger partial charge < -0.3 is 10.0 Å². The predicted octanol–water partition coefficient (Wildman–Crippen LogP) is 4.72. The molecule has 1 aliphatic rings. The van der Waals surface area contributed by atoms with Gasteiger partial charge >= 0.3 is 6.03 Å². The lowest BCUT2D eigenvalue weighted by Crippen LogP contribution is -2.52. The highest BCUT2D eigenvalue weighted by molar-refractivity contribution is 5.75. The van der Waals surface area contributed by atoms with E-state index in [9.17, 15) is 9.90 Å². The number of benzene rings is 3. The SMILES string of the molecule is CC(C)N1CC(O)[C@H](Cc2ccccc2)N(Cc2ccccc2)C(=O)N1Cc1ccccc1. The molecule has 1 aliphatic heterocycles. The molecule has 0 saturated carbocycles. The highest BCUT2D eigenvalue weighted by Gasteiger charge is 2.40. The molecule has 0 spiro atoms. The number of rotatable bonds is 7. The zero-order chi connectivity index (χ0) is 23.2. The molecular weight excluding hydrogens is 410 g/mol. The molecule has 1 heterocycles. The highest BCUT2D eigenvalue weighted by atomic mass is 16.3. The number of hydrazine groups is 1. The van der Waals surface area contributed by atoms with E-state index < -0.39 is 6.10 Å². The van der Waals surface area contributed by atoms with Crippen LogP contribution < -0.4 is 0 Å². The maximum absolute atomic E-state index is 14.1. The maximum atomic E-state index is 14.1. The van der Waals surface area contributed by atoms with Crippen LogP contribution in [0.5, 0.6) is 0 Å². The van der Waals surface area contributed by atoms with Crippen LogP contribution in [0.3, 0.4) is 0 Å². The van der Waals surface area contributed by atoms with Crippen molar-refractivity contribution in [1.29, 1.82) is 0 Å². The minimum Gasteiger partial charge on any atom is -0.390 e. The number of hydrogen-bond acceptors (Lipinski definition) is 3. The van der Waals surface area contributed by atoms with Crippen LogP contribution in [0.4, 0.5) is 4.79 Å². The first-order valence-electron chi connectivity index (χ1n) is 11.7. The summed E-state index contributed by atoms with van der Waals surface area (Å²) >= 11 is 0. The molecule has 2 atom stereocenters. The summed E-state index contributed by atoms with van der Waals surface area (Å²) in [5.74, 6) is 0. The number of aliphatic hydroxyl groups excluding tert-OH is 1. The average Bonchev–Trinajstić information content (AvgIpc) is 2.92. The van der Waals surface area contributed by atoms with Crippen LogP contribution >= 0.6 is 0 Å². The van der Waals surface area contributed by atoms with Crippen LogP contribution in [-0.2, 0) is 19.5 Å². The van der Waals surface area contributed by atoms with Gasteiger partial charge in [-0.25, -0.2) is 9.80 Å². The van der Waals surface area contributed by atoms with E-state index in [0.29, 0.717) is 26.1 Å². The summed E-state index contributed by atoms with van der Waals surface area (Å²) in [6.07, 6.45) is -0.0767. The third kappa shape index (κ3) is 5.62. The molecular formula is C28H33N3O2. The first-order chi connectivity index (χ1) is 16.0. The Morgan fingerprint density at radius 1 is 0.788 bits per heavy atom. The van der Waals surface area contributed by atoms with E-state index in [4.69, 9.17) is 0 Å². The third-order valence-electron chi connectivity index (χ3n) is 6.25. The van der Waals surface area contributed by atoms with Gasteiger partial charge in [0.1, 0.15) is 0 Å². The van der Waals surface area contributed by atoms with Crippen LogP contribution in [0, 0.1) is 0 Å². The molecule has 2 amide bonds. The Morgan fingerprint density at radius 3 is 1.79 bits per heavy atom. The summed E-state index contributed by atoms with van der Waals surface area (Å²) in [5.41, 5.74) is 3.22. The molecule has 0 radical (unpaired) electrons. The summed E-state index contributed by atoms with van der Waals surface area (Å²) in [6.45, 7) is 5.45. The van der Waals surface area contributed by atoms with Crippen LogP contribution in [0.25, 0.3) is 0 Å². The summed E-state index contributed by atoms with van der Waals surface area (Å²) in [7, 11) is 0. The van der Waals surface area contributed by atoms with E-state index >= 15 is 0 Å². The second-order valence-corrected chi connectivity index (χ2v) is 8.98. The molecule has 4 rings (SSSR count). The molecule has 1 unspecified atom stereocenters. The lowest BCUT2D eigenvalue weighted by Gasteiger charge is -2.38. The van der Waals surface area contributed by atoms with Crippen molar-refractivity contribution in [2.75, 3.05) is 6.54 Å². The Morgan fingerprint density at radius 2 is 1.27 bits per heavy atom. The number of hydrogen-bond donors (Lipinski definition) is 1. The van der Waals surface area contributed by atoms with Crippen molar-refractivity contribution in [3.8, 4) is 0 Å². The van der Waals surface area contributed by atoms with Crippen molar-refractivity contribution < 1.29 is 9.90 Å². The van der Waals surface area contributed by atoms with E-state index in [2.05, 4.69) is 26.0 Å². The quantitative estimate of drug-likeness (QED) is 0.575. The summed E-state index contributed by atoms with van der Waals surface area (Å²) in [4.78, 5) is 16.0. The zero-order valence-electron chi connectivity index (χ0n) is 19.4. The molecule has 0 bridgehead atoms. The van der Waals surface area contributed by atoms with Crippen molar-refractivity contribution in [2.24, 2.45) is 0 Å². The van der Waals surface area contributed by atoms with Gasteiger partial charge in [0.15, 0.2) is 0 Å². The normalized spacial score (nSPS) is 19.7. The number of aliphatic hydroxyl groups is 1. The standard InChI is InChI=1S/C28H33N3O2/c1-22(2)30-21-27(32)26(18-23-12-6-3-7-13-23)29(19-24-14-8-4-9-15-24)28(33)31(30)20-25-16-10-5-11-17-25/h3-17,22,26-27,32H,18-21H2,1-2H3/t26-,27?/m0/s1. The molecule has 33 heavy (non-hydrogen) atoms. The fourth-order valence-corrected chi connectivity index (χ4v) is 4.49. The number of β-amino-alcohol motifs (C(OH)–C–C–N with tert-alkyl or cyclic N) is 1. The Balaban J connectivity index is 1.72. The second-order valence-electron chi connectivity index (χ2n) is 8.98. The Labute approximate surface area is 196 Å². The van der Waals surface area contributed by atoms with Crippen molar-refractivity contribution in [3.63, 3.8) is 0 Å². The molecule has 0 aromatic heterocycles. The van der Waals surface area contributed by atoms with E-state index in [1.165, 1.54) is 0 Å². The van der Waals surface area contributed by atoms with Crippen LogP contribution in [0.1, 0.15) is 30.5 Å². The highest BCUT2D eigenvalue weighted by Crippen LogP contribution is 2.26. The molecule has 1 N–H and O–H groups in total. The van der Waals surface area contributed by atoms with E-state index in [-0.39, 0.29) is 18.1 Å². The van der Waals surface area contributed by atoms with Gasteiger partial charge in [-0.05, 0) is 37.0 Å². The number of urea groups is 1. The maximum Gasteiger partial charge on any atom is 0.335 e. The smallest absolute Gasteiger partial charge is 0.335 e. The van der Waals surface area contributed by atoms with Crippen molar-refractivity contribution >= 4 is 6.03 Å². The summed E-state index contributed by atoms with van der Waals surface area (Å²) < 4.78 is 0. The first-order valence-corrected chi connectivity index (χ1v) is 11.7. The van der Waals surface area contributed by atoms with Gasteiger partial charge in [0, 0.05) is 19.1 Å². The van der Waals surface area contributed by atoms with Gasteiger partial charge in [0.2, 0.25) is 0 Å². The Bertz CT molecular complexity index is 1010. The van der Waals surface area contributed by atoms with E-state index in [1.807, 2.05) is 93.8 Å². The topological polar surface area (TPSA) is 47.0 Å². The molecule has 3 aromatic carbocycles. The lowest BCUT2D eigenvalue weighted by atomic mass is 9.99. The minimum absolute atomic E-state index is 0.0707. The number of amides is 2. The number of nitrogens with zero attached hydrogens (tertiary/aromatic N) is 3. The molecule has 5 nitrogen and oxygen atoms in total. The molecule has 172 valence electrons. The van der Waals surface area contributed by atoms with Crippen molar-refractivity contribution in [2.45, 2.75) is 51.5 Å². The first kappa shape index (κ1) is 23.0. The van der Waals surface area contributed by atoms with Gasteiger partial charge in [0.05, 0.1) is 18.7 Å².